The smallest absolute Gasteiger partial charge is 0.133 e. The third-order valence-corrected chi connectivity index (χ3v) is 2.52. The van der Waals surface area contributed by atoms with Gasteiger partial charge in [-0.1, -0.05) is 20.8 Å². The van der Waals surface area contributed by atoms with Gasteiger partial charge in [0, 0.05) is 17.8 Å². The van der Waals surface area contributed by atoms with Crippen molar-refractivity contribution in [3.05, 3.63) is 22.7 Å². The molecule has 2 nitrogen and oxygen atoms in total. The fourth-order valence-electron chi connectivity index (χ4n) is 0.820. The molecule has 0 atom stereocenters. The van der Waals surface area contributed by atoms with Gasteiger partial charge in [0.15, 0.2) is 0 Å². The zero-order chi connectivity index (χ0) is 9.19. The molecule has 66 valence electrons. The first kappa shape index (κ1) is 9.65. The van der Waals surface area contributed by atoms with Crippen molar-refractivity contribution in [1.82, 2.24) is 9.97 Å². The fourth-order valence-corrected chi connectivity index (χ4v) is 1.02. The largest absolute Gasteiger partial charge is 0.240 e. The fraction of sp³-hybridized carbons (Fsp3) is 0.556. The Morgan fingerprint density at radius 1 is 1.33 bits per heavy atom. The van der Waals surface area contributed by atoms with Crippen molar-refractivity contribution >= 4 is 15.9 Å². The van der Waals surface area contributed by atoms with Crippen molar-refractivity contribution in [1.29, 1.82) is 0 Å². The summed E-state index contributed by atoms with van der Waals surface area (Å²) in [5.74, 6) is 0.910. The van der Waals surface area contributed by atoms with Gasteiger partial charge in [0.25, 0.3) is 0 Å². The lowest BCUT2D eigenvalue weighted by atomic mass is 9.89. The molecule has 0 aliphatic rings. The number of halogens is 1. The summed E-state index contributed by atoms with van der Waals surface area (Å²) >= 11 is 3.31. The van der Waals surface area contributed by atoms with Crippen LogP contribution >= 0.6 is 15.9 Å². The van der Waals surface area contributed by atoms with E-state index in [-0.39, 0.29) is 5.41 Å². The van der Waals surface area contributed by atoms with E-state index in [1.807, 2.05) is 0 Å². The van der Waals surface area contributed by atoms with Gasteiger partial charge < -0.3 is 0 Å². The van der Waals surface area contributed by atoms with Gasteiger partial charge in [-0.25, -0.2) is 9.97 Å². The minimum Gasteiger partial charge on any atom is -0.240 e. The Hall–Kier alpha value is -0.440. The summed E-state index contributed by atoms with van der Waals surface area (Å²) < 4.78 is 0.929. The van der Waals surface area contributed by atoms with Gasteiger partial charge in [-0.2, -0.15) is 0 Å². The molecule has 0 bridgehead atoms. The van der Waals surface area contributed by atoms with E-state index in [0.29, 0.717) is 0 Å². The standard InChI is InChI=1S/C9H13BrN2/c1-4-9(2,3)8-11-5-7(10)6-12-8/h5-6H,4H2,1-3H3. The van der Waals surface area contributed by atoms with Gasteiger partial charge >= 0.3 is 0 Å². The Balaban J connectivity index is 2.96. The van der Waals surface area contributed by atoms with E-state index in [4.69, 9.17) is 0 Å². The van der Waals surface area contributed by atoms with Gasteiger partial charge in [-0.05, 0) is 22.4 Å². The molecule has 0 aliphatic carbocycles. The maximum Gasteiger partial charge on any atom is 0.133 e. The Morgan fingerprint density at radius 3 is 2.25 bits per heavy atom. The monoisotopic (exact) mass is 228 g/mol. The van der Waals surface area contributed by atoms with Crippen molar-refractivity contribution < 1.29 is 0 Å². The molecule has 0 aromatic carbocycles. The Labute approximate surface area is 81.6 Å². The van der Waals surface area contributed by atoms with Crippen LogP contribution in [0.15, 0.2) is 16.9 Å². The van der Waals surface area contributed by atoms with Crippen LogP contribution in [-0.4, -0.2) is 9.97 Å². The Bertz CT molecular complexity index is 254. The van der Waals surface area contributed by atoms with Crippen LogP contribution in [0.5, 0.6) is 0 Å². The minimum atomic E-state index is 0.0840. The van der Waals surface area contributed by atoms with Gasteiger partial charge in [-0.3, -0.25) is 0 Å². The first-order valence-corrected chi connectivity index (χ1v) is 4.83. The highest BCUT2D eigenvalue weighted by molar-refractivity contribution is 9.10. The third-order valence-electron chi connectivity index (χ3n) is 2.11. The summed E-state index contributed by atoms with van der Waals surface area (Å²) in [5.41, 5.74) is 0.0840. The number of rotatable bonds is 2. The van der Waals surface area contributed by atoms with E-state index in [0.717, 1.165) is 16.7 Å². The van der Waals surface area contributed by atoms with Crippen LogP contribution in [0.2, 0.25) is 0 Å². The molecular weight excluding hydrogens is 216 g/mol. The average molecular weight is 229 g/mol. The number of hydrogen-bond acceptors (Lipinski definition) is 2. The van der Waals surface area contributed by atoms with E-state index in [2.05, 4.69) is 46.7 Å². The Kier molecular flexibility index (Phi) is 2.83. The summed E-state index contributed by atoms with van der Waals surface area (Å²) in [6.45, 7) is 6.44. The topological polar surface area (TPSA) is 25.8 Å². The summed E-state index contributed by atoms with van der Waals surface area (Å²) in [6.07, 6.45) is 4.63. The third kappa shape index (κ3) is 2.03. The lowest BCUT2D eigenvalue weighted by Crippen LogP contribution is -2.19. The highest BCUT2D eigenvalue weighted by Crippen LogP contribution is 2.23. The summed E-state index contributed by atoms with van der Waals surface area (Å²) in [7, 11) is 0. The predicted molar refractivity (Wildman–Crippen MR) is 53.0 cm³/mol. The number of hydrogen-bond donors (Lipinski definition) is 0. The molecule has 0 saturated carbocycles. The summed E-state index contributed by atoms with van der Waals surface area (Å²) in [4.78, 5) is 8.53. The van der Waals surface area contributed by atoms with Crippen LogP contribution in [0.4, 0.5) is 0 Å². The van der Waals surface area contributed by atoms with Crippen molar-refractivity contribution in [2.45, 2.75) is 32.6 Å². The van der Waals surface area contributed by atoms with E-state index in [1.165, 1.54) is 0 Å². The second kappa shape index (κ2) is 3.52. The molecule has 0 amide bonds. The molecule has 1 aromatic heterocycles. The quantitative estimate of drug-likeness (QED) is 0.779. The van der Waals surface area contributed by atoms with Gasteiger partial charge in [0.1, 0.15) is 5.82 Å². The molecule has 12 heavy (non-hydrogen) atoms. The van der Waals surface area contributed by atoms with Crippen LogP contribution in [0, 0.1) is 0 Å². The zero-order valence-corrected chi connectivity index (χ0v) is 9.22. The highest BCUT2D eigenvalue weighted by atomic mass is 79.9. The lowest BCUT2D eigenvalue weighted by Gasteiger charge is -2.19. The minimum absolute atomic E-state index is 0.0840. The van der Waals surface area contributed by atoms with Crippen LogP contribution in [0.3, 0.4) is 0 Å². The van der Waals surface area contributed by atoms with E-state index < -0.39 is 0 Å². The van der Waals surface area contributed by atoms with Crippen LogP contribution in [0.1, 0.15) is 33.0 Å². The van der Waals surface area contributed by atoms with E-state index in [1.54, 1.807) is 12.4 Å². The van der Waals surface area contributed by atoms with E-state index >= 15 is 0 Å². The molecule has 1 aromatic rings. The van der Waals surface area contributed by atoms with Gasteiger partial charge in [-0.15, -0.1) is 0 Å². The normalized spacial score (nSPS) is 11.7. The molecule has 3 heteroatoms. The van der Waals surface area contributed by atoms with Crippen LogP contribution in [0.25, 0.3) is 0 Å². The van der Waals surface area contributed by atoms with Gasteiger partial charge in [0.05, 0.1) is 4.47 Å². The number of aromatic nitrogens is 2. The van der Waals surface area contributed by atoms with Crippen LogP contribution < -0.4 is 0 Å². The predicted octanol–water partition coefficient (Wildman–Crippen LogP) is 2.93. The molecule has 1 rings (SSSR count). The van der Waals surface area contributed by atoms with E-state index in [9.17, 15) is 0 Å². The summed E-state index contributed by atoms with van der Waals surface area (Å²) in [5, 5.41) is 0. The van der Waals surface area contributed by atoms with Crippen molar-refractivity contribution in [3.63, 3.8) is 0 Å². The summed E-state index contributed by atoms with van der Waals surface area (Å²) in [6, 6.07) is 0. The highest BCUT2D eigenvalue weighted by Gasteiger charge is 2.20. The first-order valence-electron chi connectivity index (χ1n) is 4.04. The molecule has 0 radical (unpaired) electrons. The molecule has 0 unspecified atom stereocenters. The van der Waals surface area contributed by atoms with Crippen molar-refractivity contribution in [2.24, 2.45) is 0 Å². The average Bonchev–Trinajstić information content (AvgIpc) is 2.05. The van der Waals surface area contributed by atoms with Crippen molar-refractivity contribution in [3.8, 4) is 0 Å². The van der Waals surface area contributed by atoms with Crippen molar-refractivity contribution in [2.75, 3.05) is 0 Å². The molecule has 0 N–H and O–H groups in total. The zero-order valence-electron chi connectivity index (χ0n) is 7.63. The Morgan fingerprint density at radius 2 is 1.83 bits per heavy atom. The van der Waals surface area contributed by atoms with Gasteiger partial charge in [0.2, 0.25) is 0 Å². The molecule has 0 fully saturated rings. The maximum absolute atomic E-state index is 4.26. The lowest BCUT2D eigenvalue weighted by molar-refractivity contribution is 0.472. The first-order chi connectivity index (χ1) is 5.56. The number of nitrogens with zero attached hydrogens (tertiary/aromatic N) is 2. The second-order valence-corrected chi connectivity index (χ2v) is 4.38. The molecule has 0 saturated heterocycles. The maximum atomic E-state index is 4.26. The molecule has 0 spiro atoms. The van der Waals surface area contributed by atoms with Crippen LogP contribution in [-0.2, 0) is 5.41 Å². The molecule has 0 aliphatic heterocycles. The molecule has 1 heterocycles. The SMILES string of the molecule is CCC(C)(C)c1ncc(Br)cn1. The molecular formula is C9H13BrN2. The second-order valence-electron chi connectivity index (χ2n) is 3.46.